The number of hydrogen-bond acceptors (Lipinski definition) is 3. The number of aryl methyl sites for hydroxylation is 2. The molecule has 1 aromatic carbocycles. The van der Waals surface area contributed by atoms with E-state index in [1.807, 2.05) is 13.0 Å². The van der Waals surface area contributed by atoms with Gasteiger partial charge in [-0.2, -0.15) is 0 Å². The Morgan fingerprint density at radius 1 is 1.47 bits per heavy atom. The van der Waals surface area contributed by atoms with Crippen molar-refractivity contribution in [3.63, 3.8) is 0 Å². The van der Waals surface area contributed by atoms with Gasteiger partial charge in [-0.1, -0.05) is 28.9 Å². The molecule has 0 spiro atoms. The van der Waals surface area contributed by atoms with E-state index in [1.54, 1.807) is 19.2 Å². The highest BCUT2D eigenvalue weighted by Crippen LogP contribution is 2.21. The van der Waals surface area contributed by atoms with E-state index in [2.05, 4.69) is 26.2 Å². The third-order valence-corrected chi connectivity index (χ3v) is 3.38. The second kappa shape index (κ2) is 4.58. The zero-order valence-corrected chi connectivity index (χ0v) is 11.6. The number of carbonyl (C=O) groups is 1. The zero-order chi connectivity index (χ0) is 12.6. The smallest absolute Gasteiger partial charge is 0.213 e. The van der Waals surface area contributed by atoms with Crippen molar-refractivity contribution in [2.45, 2.75) is 6.92 Å². The van der Waals surface area contributed by atoms with E-state index in [1.165, 1.54) is 4.68 Å². The lowest BCUT2D eigenvalue weighted by molar-refractivity contribution is 0.102. The van der Waals surface area contributed by atoms with Crippen LogP contribution in [0.4, 0.5) is 0 Å². The fraction of sp³-hybridized carbons (Fsp3) is 0.182. The number of halogens is 2. The lowest BCUT2D eigenvalue weighted by Gasteiger charge is -2.03. The van der Waals surface area contributed by atoms with Crippen molar-refractivity contribution in [3.05, 3.63) is 44.6 Å². The molecule has 0 radical (unpaired) electrons. The van der Waals surface area contributed by atoms with Crippen molar-refractivity contribution >= 4 is 33.3 Å². The van der Waals surface area contributed by atoms with Crippen LogP contribution in [0.25, 0.3) is 0 Å². The number of nitrogens with zero attached hydrogens (tertiary/aromatic N) is 3. The summed E-state index contributed by atoms with van der Waals surface area (Å²) in [5, 5.41) is 8.12. The third kappa shape index (κ3) is 2.25. The van der Waals surface area contributed by atoms with Crippen molar-refractivity contribution < 1.29 is 4.79 Å². The SMILES string of the molecule is Cc1ccc(C(=O)c2c(Br)nnn2C)cc1Cl. The summed E-state index contributed by atoms with van der Waals surface area (Å²) in [5.74, 6) is -0.161. The van der Waals surface area contributed by atoms with Crippen LogP contribution in [0.5, 0.6) is 0 Å². The number of carbonyl (C=O) groups excluding carboxylic acids is 1. The van der Waals surface area contributed by atoms with Gasteiger partial charge < -0.3 is 0 Å². The summed E-state index contributed by atoms with van der Waals surface area (Å²) in [6, 6.07) is 5.20. The first-order valence-electron chi connectivity index (χ1n) is 4.86. The monoisotopic (exact) mass is 313 g/mol. The van der Waals surface area contributed by atoms with Crippen LogP contribution in [0.15, 0.2) is 22.8 Å². The normalized spacial score (nSPS) is 10.6. The van der Waals surface area contributed by atoms with E-state index in [4.69, 9.17) is 11.6 Å². The first-order chi connectivity index (χ1) is 8.00. The third-order valence-electron chi connectivity index (χ3n) is 2.43. The van der Waals surface area contributed by atoms with Crippen molar-refractivity contribution in [2.75, 3.05) is 0 Å². The van der Waals surface area contributed by atoms with Crippen molar-refractivity contribution in [2.24, 2.45) is 7.05 Å². The number of benzene rings is 1. The molecule has 0 fully saturated rings. The Morgan fingerprint density at radius 2 is 2.18 bits per heavy atom. The zero-order valence-electron chi connectivity index (χ0n) is 9.24. The molecule has 1 heterocycles. The lowest BCUT2D eigenvalue weighted by Crippen LogP contribution is -2.09. The molecule has 4 nitrogen and oxygen atoms in total. The first kappa shape index (κ1) is 12.3. The number of hydrogen-bond donors (Lipinski definition) is 0. The minimum Gasteiger partial charge on any atom is -0.287 e. The van der Waals surface area contributed by atoms with E-state index in [9.17, 15) is 4.79 Å². The molecule has 0 saturated heterocycles. The van der Waals surface area contributed by atoms with Crippen LogP contribution in [0, 0.1) is 6.92 Å². The number of ketones is 1. The average Bonchev–Trinajstić information content (AvgIpc) is 2.62. The van der Waals surface area contributed by atoms with E-state index in [0.717, 1.165) is 5.56 Å². The Hall–Kier alpha value is -1.20. The number of aromatic nitrogens is 3. The predicted octanol–water partition coefficient (Wildman–Crippen LogP) is 2.77. The predicted molar refractivity (Wildman–Crippen MR) is 68.3 cm³/mol. The van der Waals surface area contributed by atoms with Gasteiger partial charge in [-0.25, -0.2) is 4.68 Å². The molecule has 0 bridgehead atoms. The van der Waals surface area contributed by atoms with Crippen LogP contribution in [0.2, 0.25) is 5.02 Å². The van der Waals surface area contributed by atoms with Gasteiger partial charge in [-0.3, -0.25) is 4.79 Å². The molecular formula is C11H9BrClN3O. The summed E-state index contributed by atoms with van der Waals surface area (Å²) in [6.07, 6.45) is 0. The summed E-state index contributed by atoms with van der Waals surface area (Å²) in [4.78, 5) is 12.2. The molecule has 0 aliphatic carbocycles. The quantitative estimate of drug-likeness (QED) is 0.801. The molecule has 2 aromatic rings. The highest BCUT2D eigenvalue weighted by atomic mass is 79.9. The molecule has 88 valence electrons. The summed E-state index contributed by atoms with van der Waals surface area (Å²) in [7, 11) is 1.67. The molecular weight excluding hydrogens is 305 g/mol. The molecule has 0 saturated carbocycles. The van der Waals surface area contributed by atoms with Gasteiger partial charge in [-0.15, -0.1) is 5.10 Å². The molecule has 1 aromatic heterocycles. The molecule has 0 aliphatic heterocycles. The molecule has 2 rings (SSSR count). The Kier molecular flexibility index (Phi) is 3.31. The van der Waals surface area contributed by atoms with Gasteiger partial charge in [0, 0.05) is 17.6 Å². The van der Waals surface area contributed by atoms with Crippen LogP contribution in [-0.2, 0) is 7.05 Å². The largest absolute Gasteiger partial charge is 0.287 e. The van der Waals surface area contributed by atoms with Crippen LogP contribution in [0.3, 0.4) is 0 Å². The van der Waals surface area contributed by atoms with Crippen molar-refractivity contribution in [1.29, 1.82) is 0 Å². The highest BCUT2D eigenvalue weighted by Gasteiger charge is 2.19. The van der Waals surface area contributed by atoms with Gasteiger partial charge in [0.25, 0.3) is 0 Å². The van der Waals surface area contributed by atoms with Crippen molar-refractivity contribution in [1.82, 2.24) is 15.0 Å². The molecule has 6 heteroatoms. The van der Waals surface area contributed by atoms with Gasteiger partial charge >= 0.3 is 0 Å². The molecule has 0 aliphatic rings. The van der Waals surface area contributed by atoms with Gasteiger partial charge in [0.15, 0.2) is 4.60 Å². The summed E-state index contributed by atoms with van der Waals surface area (Å²) in [5.41, 5.74) is 1.86. The van der Waals surface area contributed by atoms with Crippen LogP contribution >= 0.6 is 27.5 Å². The topological polar surface area (TPSA) is 47.8 Å². The maximum Gasteiger partial charge on any atom is 0.213 e. The lowest BCUT2D eigenvalue weighted by atomic mass is 10.1. The average molecular weight is 315 g/mol. The molecule has 17 heavy (non-hydrogen) atoms. The van der Waals surface area contributed by atoms with Gasteiger partial charge in [-0.05, 0) is 34.5 Å². The minimum absolute atomic E-state index is 0.161. The molecule has 0 atom stereocenters. The second-order valence-electron chi connectivity index (χ2n) is 3.65. The Balaban J connectivity index is 2.48. The van der Waals surface area contributed by atoms with Crippen LogP contribution in [-0.4, -0.2) is 20.8 Å². The fourth-order valence-corrected chi connectivity index (χ4v) is 2.13. The Morgan fingerprint density at radius 3 is 2.71 bits per heavy atom. The van der Waals surface area contributed by atoms with E-state index >= 15 is 0 Å². The number of rotatable bonds is 2. The van der Waals surface area contributed by atoms with E-state index in [-0.39, 0.29) is 5.78 Å². The van der Waals surface area contributed by atoms with Gasteiger partial charge in [0.1, 0.15) is 5.69 Å². The van der Waals surface area contributed by atoms with Crippen LogP contribution in [0.1, 0.15) is 21.6 Å². The molecule has 0 amide bonds. The van der Waals surface area contributed by atoms with E-state index < -0.39 is 0 Å². The Bertz CT molecular complexity index is 575. The summed E-state index contributed by atoms with van der Waals surface area (Å²) >= 11 is 9.20. The minimum atomic E-state index is -0.161. The maximum atomic E-state index is 12.2. The summed E-state index contributed by atoms with van der Waals surface area (Å²) < 4.78 is 1.86. The molecule has 0 N–H and O–H groups in total. The fourth-order valence-electron chi connectivity index (χ4n) is 1.44. The van der Waals surface area contributed by atoms with E-state index in [0.29, 0.717) is 20.9 Å². The second-order valence-corrected chi connectivity index (χ2v) is 4.80. The standard InChI is InChI=1S/C11H9BrClN3O/c1-6-3-4-7(5-8(6)13)10(17)9-11(12)14-15-16(9)2/h3-5H,1-2H3. The van der Waals surface area contributed by atoms with Crippen molar-refractivity contribution in [3.8, 4) is 0 Å². The van der Waals surface area contributed by atoms with Gasteiger partial charge in [0.05, 0.1) is 0 Å². The Labute approximate surface area is 112 Å². The van der Waals surface area contributed by atoms with Crippen LogP contribution < -0.4 is 0 Å². The highest BCUT2D eigenvalue weighted by molar-refractivity contribution is 9.10. The summed E-state index contributed by atoms with van der Waals surface area (Å²) in [6.45, 7) is 1.89. The first-order valence-corrected chi connectivity index (χ1v) is 6.04. The maximum absolute atomic E-state index is 12.2. The van der Waals surface area contributed by atoms with Gasteiger partial charge in [0.2, 0.25) is 5.78 Å². The molecule has 0 unspecified atom stereocenters.